The summed E-state index contributed by atoms with van der Waals surface area (Å²) in [6.45, 7) is 6.51. The number of aliphatic hydroxyl groups excluding tert-OH is 1. The number of rotatable bonds is 9. The summed E-state index contributed by atoms with van der Waals surface area (Å²) in [7, 11) is 0. The van der Waals surface area contributed by atoms with Crippen LogP contribution in [0.1, 0.15) is 29.5 Å². The fourth-order valence-electron chi connectivity index (χ4n) is 5.12. The summed E-state index contributed by atoms with van der Waals surface area (Å²) in [6, 6.07) is 33.1. The van der Waals surface area contributed by atoms with Crippen molar-refractivity contribution in [2.45, 2.75) is 19.3 Å². The molecule has 0 aliphatic rings. The van der Waals surface area contributed by atoms with Gasteiger partial charge in [0.1, 0.15) is 5.76 Å². The van der Waals surface area contributed by atoms with Crippen LogP contribution in [-0.2, 0) is 6.42 Å². The van der Waals surface area contributed by atoms with Gasteiger partial charge in [0.05, 0.1) is 0 Å². The molecule has 1 aromatic heterocycles. The van der Waals surface area contributed by atoms with E-state index in [-0.39, 0.29) is 17.6 Å². The number of fused-ring (bicyclic) bond motifs is 3. The zero-order chi connectivity index (χ0) is 25.8. The Hall–Kier alpha value is -3.51. The lowest BCUT2D eigenvalue weighted by molar-refractivity contribution is 0.346. The molecule has 0 fully saturated rings. The van der Waals surface area contributed by atoms with E-state index in [0.717, 1.165) is 38.8 Å². The number of anilines is 1. The van der Waals surface area contributed by atoms with Crippen LogP contribution in [0.2, 0.25) is 0 Å². The predicted molar refractivity (Wildman–Crippen MR) is 167 cm³/mol. The molecule has 186 valence electrons. The maximum absolute atomic E-state index is 11.4. The number of para-hydroxylation sites is 1. The van der Waals surface area contributed by atoms with Gasteiger partial charge < -0.3 is 15.4 Å². The molecule has 3 N–H and O–H groups in total. The van der Waals surface area contributed by atoms with Gasteiger partial charge >= 0.3 is 0 Å². The average Bonchev–Trinajstić information content (AvgIpc) is 3.32. The van der Waals surface area contributed by atoms with Crippen LogP contribution in [0.5, 0.6) is 0 Å². The normalized spacial score (nSPS) is 13.5. The molecule has 3 nitrogen and oxygen atoms in total. The molecular weight excluding hydrogens is 567 g/mol. The van der Waals surface area contributed by atoms with Crippen LogP contribution in [0.3, 0.4) is 0 Å². The Kier molecular flexibility index (Phi) is 7.65. The minimum atomic E-state index is -0.228. The first-order chi connectivity index (χ1) is 18.1. The van der Waals surface area contributed by atoms with Gasteiger partial charge in [-0.05, 0) is 52.8 Å². The van der Waals surface area contributed by atoms with Crippen LogP contribution in [-0.4, -0.2) is 14.5 Å². The Morgan fingerprint density at radius 1 is 0.946 bits per heavy atom. The number of nitrogens with one attached hydrogen (secondary N) is 2. The topological polar surface area (TPSA) is 48.0 Å². The van der Waals surface area contributed by atoms with Crippen LogP contribution in [0.25, 0.3) is 27.4 Å². The molecule has 0 aliphatic heterocycles. The van der Waals surface area contributed by atoms with Crippen molar-refractivity contribution in [3.8, 4) is 0 Å². The smallest absolute Gasteiger partial charge is 0.116 e. The Bertz CT molecular complexity index is 1550. The maximum atomic E-state index is 11.4. The number of aryl methyl sites for hydroxylation is 1. The quantitative estimate of drug-likeness (QED) is 0.0900. The molecule has 2 unspecified atom stereocenters. The highest BCUT2D eigenvalue weighted by molar-refractivity contribution is 14.1. The molecule has 0 aliphatic carbocycles. The first kappa shape index (κ1) is 25.2. The van der Waals surface area contributed by atoms with E-state index in [4.69, 9.17) is 0 Å². The molecule has 4 heteroatoms. The zero-order valence-electron chi connectivity index (χ0n) is 20.9. The van der Waals surface area contributed by atoms with E-state index in [0.29, 0.717) is 0 Å². The second-order valence-electron chi connectivity index (χ2n) is 9.45. The van der Waals surface area contributed by atoms with Crippen molar-refractivity contribution in [1.82, 2.24) is 4.98 Å². The third-order valence-electron chi connectivity index (χ3n) is 7.14. The average molecular weight is 599 g/mol. The summed E-state index contributed by atoms with van der Waals surface area (Å²) >= 11 is 2.43. The molecule has 2 atom stereocenters. The summed E-state index contributed by atoms with van der Waals surface area (Å²) in [5.41, 5.74) is 7.73. The van der Waals surface area contributed by atoms with Gasteiger partial charge in [0.25, 0.3) is 0 Å². The summed E-state index contributed by atoms with van der Waals surface area (Å²) in [5, 5.41) is 17.1. The van der Waals surface area contributed by atoms with Crippen molar-refractivity contribution in [2.24, 2.45) is 5.92 Å². The van der Waals surface area contributed by atoms with Crippen LogP contribution in [0.4, 0.5) is 5.69 Å². The number of alkyl halides is 1. The summed E-state index contributed by atoms with van der Waals surface area (Å²) in [6.07, 6.45) is 2.77. The van der Waals surface area contributed by atoms with E-state index < -0.39 is 0 Å². The van der Waals surface area contributed by atoms with E-state index in [1.54, 1.807) is 6.20 Å². The first-order valence-corrected chi connectivity index (χ1v) is 14.1. The first-order valence-electron chi connectivity index (χ1n) is 12.6. The zero-order valence-corrected chi connectivity index (χ0v) is 23.1. The number of benzene rings is 4. The van der Waals surface area contributed by atoms with E-state index in [1.807, 2.05) is 42.5 Å². The number of aliphatic hydroxyl groups is 1. The summed E-state index contributed by atoms with van der Waals surface area (Å²) in [4.78, 5) is 3.60. The minimum Gasteiger partial charge on any atom is -0.510 e. The Balaban J connectivity index is 1.46. The Morgan fingerprint density at radius 3 is 2.41 bits per heavy atom. The van der Waals surface area contributed by atoms with Gasteiger partial charge in [0.15, 0.2) is 0 Å². The minimum absolute atomic E-state index is 0.00438. The molecule has 0 amide bonds. The molecule has 0 spiro atoms. The van der Waals surface area contributed by atoms with Crippen molar-refractivity contribution in [2.75, 3.05) is 9.74 Å². The van der Waals surface area contributed by atoms with Crippen LogP contribution < -0.4 is 5.32 Å². The van der Waals surface area contributed by atoms with Crippen molar-refractivity contribution >= 4 is 55.7 Å². The maximum Gasteiger partial charge on any atom is 0.116 e. The lowest BCUT2D eigenvalue weighted by Gasteiger charge is -2.26. The van der Waals surface area contributed by atoms with Gasteiger partial charge in [-0.1, -0.05) is 115 Å². The molecule has 0 saturated carbocycles. The highest BCUT2D eigenvalue weighted by atomic mass is 127. The molecule has 5 rings (SSSR count). The second kappa shape index (κ2) is 11.3. The SMILES string of the molecule is C=C(c1ccccc1)C(C)C(/C(O)=C\Nc1ccc2[nH]c3c(CCI)cccc3c2c1)c1ccccc1. The third kappa shape index (κ3) is 5.30. The monoisotopic (exact) mass is 598 g/mol. The number of aromatic nitrogens is 1. The Morgan fingerprint density at radius 2 is 1.68 bits per heavy atom. The molecule has 5 aromatic rings. The predicted octanol–water partition coefficient (Wildman–Crippen LogP) is 9.24. The largest absolute Gasteiger partial charge is 0.510 e. The van der Waals surface area contributed by atoms with Crippen LogP contribution in [0.15, 0.2) is 116 Å². The van der Waals surface area contributed by atoms with Crippen molar-refractivity contribution < 1.29 is 5.11 Å². The van der Waals surface area contributed by atoms with Gasteiger partial charge in [0.2, 0.25) is 0 Å². The molecule has 0 radical (unpaired) electrons. The fraction of sp³-hybridized carbons (Fsp3) is 0.152. The van der Waals surface area contributed by atoms with E-state index in [2.05, 4.69) is 101 Å². The number of halogens is 1. The summed E-state index contributed by atoms with van der Waals surface area (Å²) in [5.74, 6) is 0.0449. The van der Waals surface area contributed by atoms with Gasteiger partial charge in [-0.3, -0.25) is 0 Å². The number of allylic oxidation sites excluding steroid dienone is 2. The highest BCUT2D eigenvalue weighted by Gasteiger charge is 2.26. The van der Waals surface area contributed by atoms with Gasteiger partial charge in [-0.25, -0.2) is 0 Å². The molecule has 4 aromatic carbocycles. The van der Waals surface area contributed by atoms with Crippen molar-refractivity contribution in [3.05, 3.63) is 132 Å². The molecule has 0 bridgehead atoms. The van der Waals surface area contributed by atoms with Gasteiger partial charge in [-0.15, -0.1) is 0 Å². The standard InChI is InChI=1S/C33H31IN2O/c1-22(24-10-5-3-6-11-24)23(2)32(25-12-7-4-8-13-25)31(37)21-35-27-16-17-30-29(20-27)28-15-9-14-26(18-19-34)33(28)36-30/h3-17,20-21,23,32,35-37H,1,18-19H2,2H3/b31-21+. The lowest BCUT2D eigenvalue weighted by atomic mass is 9.79. The van der Waals surface area contributed by atoms with E-state index in [1.165, 1.54) is 21.9 Å². The molecular formula is C33H31IN2O. The molecule has 0 saturated heterocycles. The molecule has 37 heavy (non-hydrogen) atoms. The second-order valence-corrected chi connectivity index (χ2v) is 10.5. The fourth-order valence-corrected chi connectivity index (χ4v) is 5.70. The molecule has 1 heterocycles. The third-order valence-corrected chi connectivity index (χ3v) is 7.68. The summed E-state index contributed by atoms with van der Waals surface area (Å²) < 4.78 is 1.08. The van der Waals surface area contributed by atoms with Crippen molar-refractivity contribution in [3.63, 3.8) is 0 Å². The van der Waals surface area contributed by atoms with E-state index in [9.17, 15) is 5.11 Å². The highest BCUT2D eigenvalue weighted by Crippen LogP contribution is 2.38. The van der Waals surface area contributed by atoms with Crippen LogP contribution >= 0.6 is 22.6 Å². The van der Waals surface area contributed by atoms with Gasteiger partial charge in [-0.2, -0.15) is 0 Å². The van der Waals surface area contributed by atoms with E-state index >= 15 is 0 Å². The van der Waals surface area contributed by atoms with Gasteiger partial charge in [0, 0.05) is 44.0 Å². The van der Waals surface area contributed by atoms with Crippen LogP contribution in [0, 0.1) is 5.92 Å². The van der Waals surface area contributed by atoms with Crippen molar-refractivity contribution in [1.29, 1.82) is 0 Å². The number of hydrogen-bond acceptors (Lipinski definition) is 2. The Labute approximate surface area is 232 Å². The number of H-pyrrole nitrogens is 1. The number of hydrogen-bond donors (Lipinski definition) is 3. The lowest BCUT2D eigenvalue weighted by Crippen LogP contribution is -2.15. The number of aromatic amines is 1.